The summed E-state index contributed by atoms with van der Waals surface area (Å²) >= 11 is 0. The maximum Gasteiger partial charge on any atom is 0.291 e. The zero-order chi connectivity index (χ0) is 6.83. The van der Waals surface area contributed by atoms with Crippen molar-refractivity contribution < 1.29 is 4.74 Å². The highest BCUT2D eigenvalue weighted by atomic mass is 16.5. The molecule has 0 aliphatic heterocycles. The van der Waals surface area contributed by atoms with Crippen LogP contribution < -0.4 is 0 Å². The summed E-state index contributed by atoms with van der Waals surface area (Å²) in [6.45, 7) is 8.36. The highest BCUT2D eigenvalue weighted by molar-refractivity contribution is 4.57. The molecular formula is C6H9NO. The second kappa shape index (κ2) is 17.1. The third-order valence-electron chi connectivity index (χ3n) is 0.136. The minimum absolute atomic E-state index is 1.07. The third kappa shape index (κ3) is 114. The zero-order valence-electron chi connectivity index (χ0n) is 4.92. The van der Waals surface area contributed by atoms with E-state index >= 15 is 0 Å². The van der Waals surface area contributed by atoms with Gasteiger partial charge in [0.1, 0.15) is 0 Å². The average Bonchev–Trinajstić information content (AvgIpc) is 1.71. The van der Waals surface area contributed by atoms with Crippen LogP contribution in [0.15, 0.2) is 25.5 Å². The van der Waals surface area contributed by atoms with E-state index in [2.05, 4.69) is 17.9 Å². The van der Waals surface area contributed by atoms with Crippen LogP contribution in [0.25, 0.3) is 0 Å². The molecule has 0 aromatic carbocycles. The molecule has 0 amide bonds. The monoisotopic (exact) mass is 111 g/mol. The van der Waals surface area contributed by atoms with Gasteiger partial charge in [-0.25, -0.2) is 0 Å². The average molecular weight is 111 g/mol. The number of hydrogen-bond acceptors (Lipinski definition) is 2. The molecule has 0 aliphatic carbocycles. The Hall–Kier alpha value is -1.23. The van der Waals surface area contributed by atoms with Crippen LogP contribution in [0.2, 0.25) is 0 Å². The molecular weight excluding hydrogens is 102 g/mol. The lowest BCUT2D eigenvalue weighted by atomic mass is 10.8. The van der Waals surface area contributed by atoms with Crippen molar-refractivity contribution in [1.82, 2.24) is 0 Å². The Bertz CT molecular complexity index is 91.2. The van der Waals surface area contributed by atoms with E-state index in [-0.39, 0.29) is 0 Å². The predicted molar refractivity (Wildman–Crippen MR) is 32.8 cm³/mol. The maximum atomic E-state index is 7.52. The lowest BCUT2D eigenvalue weighted by molar-refractivity contribution is 0.431. The molecule has 0 saturated carbocycles. The molecule has 0 fully saturated rings. The van der Waals surface area contributed by atoms with Crippen molar-refractivity contribution in [3.8, 4) is 6.26 Å². The first kappa shape index (κ1) is 9.91. The van der Waals surface area contributed by atoms with Crippen molar-refractivity contribution in [2.75, 3.05) is 0 Å². The minimum Gasteiger partial charge on any atom is -0.397 e. The van der Waals surface area contributed by atoms with Crippen molar-refractivity contribution in [3.05, 3.63) is 25.5 Å². The number of ether oxygens (including phenoxy) is 1. The fourth-order valence-corrected chi connectivity index (χ4v) is 0.0373. The number of hydrogen-bond donors (Lipinski definition) is 0. The van der Waals surface area contributed by atoms with E-state index in [1.807, 2.05) is 6.92 Å². The Morgan fingerprint density at radius 2 is 2.00 bits per heavy atom. The first-order valence-electron chi connectivity index (χ1n) is 2.06. The first-order valence-corrected chi connectivity index (χ1v) is 2.06. The fourth-order valence-electron chi connectivity index (χ4n) is 0.0373. The third-order valence-corrected chi connectivity index (χ3v) is 0.136. The summed E-state index contributed by atoms with van der Waals surface area (Å²) in [4.78, 5) is 0. The van der Waals surface area contributed by atoms with Crippen molar-refractivity contribution in [3.63, 3.8) is 0 Å². The predicted octanol–water partition coefficient (Wildman–Crippen LogP) is 1.82. The molecule has 0 rings (SSSR count). The van der Waals surface area contributed by atoms with Gasteiger partial charge in [-0.15, -0.1) is 11.8 Å². The van der Waals surface area contributed by atoms with Crippen LogP contribution in [0.1, 0.15) is 6.92 Å². The summed E-state index contributed by atoms with van der Waals surface area (Å²) in [6.07, 6.45) is 4.22. The highest BCUT2D eigenvalue weighted by Crippen LogP contribution is 1.59. The van der Waals surface area contributed by atoms with Gasteiger partial charge >= 0.3 is 0 Å². The van der Waals surface area contributed by atoms with E-state index in [9.17, 15) is 0 Å². The second-order valence-corrected chi connectivity index (χ2v) is 0.784. The SMILES string of the molecule is C=CC.C=COC#N. The molecule has 0 unspecified atom stereocenters. The van der Waals surface area contributed by atoms with Crippen molar-refractivity contribution in [2.45, 2.75) is 6.92 Å². The van der Waals surface area contributed by atoms with E-state index in [1.54, 1.807) is 6.08 Å². The summed E-state index contributed by atoms with van der Waals surface area (Å²) in [6, 6.07) is 0. The number of nitriles is 1. The summed E-state index contributed by atoms with van der Waals surface area (Å²) < 4.78 is 3.90. The van der Waals surface area contributed by atoms with Gasteiger partial charge < -0.3 is 4.74 Å². The zero-order valence-corrected chi connectivity index (χ0v) is 4.92. The molecule has 44 valence electrons. The van der Waals surface area contributed by atoms with Crippen LogP contribution in [0.5, 0.6) is 0 Å². The quantitative estimate of drug-likeness (QED) is 0.294. The Morgan fingerprint density at radius 1 is 1.62 bits per heavy atom. The summed E-state index contributed by atoms with van der Waals surface area (Å²) in [5.41, 5.74) is 0. The van der Waals surface area contributed by atoms with Crippen LogP contribution in [0, 0.1) is 11.5 Å². The van der Waals surface area contributed by atoms with E-state index in [0.717, 1.165) is 6.26 Å². The second-order valence-electron chi connectivity index (χ2n) is 0.784. The molecule has 8 heavy (non-hydrogen) atoms. The fraction of sp³-hybridized carbons (Fsp3) is 0.167. The lowest BCUT2D eigenvalue weighted by Gasteiger charge is -1.66. The van der Waals surface area contributed by atoms with Crippen molar-refractivity contribution in [1.29, 1.82) is 5.26 Å². The standard InChI is InChI=1S/C3H3NO.C3H6/c1-2-5-3-4;1-3-2/h2H,1H2;3H,1H2,2H3. The summed E-state index contributed by atoms with van der Waals surface area (Å²) in [7, 11) is 0. The Kier molecular flexibility index (Phi) is 21.2. The van der Waals surface area contributed by atoms with Gasteiger partial charge in [0.2, 0.25) is 0 Å². The van der Waals surface area contributed by atoms with E-state index < -0.39 is 0 Å². The molecule has 0 saturated heterocycles. The molecule has 2 heteroatoms. The molecule has 0 aromatic rings. The highest BCUT2D eigenvalue weighted by Gasteiger charge is 1.51. The summed E-state index contributed by atoms with van der Waals surface area (Å²) in [5.74, 6) is 0. The largest absolute Gasteiger partial charge is 0.397 e. The van der Waals surface area contributed by atoms with Crippen LogP contribution in [0.3, 0.4) is 0 Å². The van der Waals surface area contributed by atoms with E-state index in [1.165, 1.54) is 6.26 Å². The summed E-state index contributed by atoms with van der Waals surface area (Å²) in [5, 5.41) is 7.52. The molecule has 0 N–H and O–H groups in total. The molecule has 2 nitrogen and oxygen atoms in total. The van der Waals surface area contributed by atoms with Crippen molar-refractivity contribution >= 4 is 0 Å². The van der Waals surface area contributed by atoms with Gasteiger partial charge in [-0.2, -0.15) is 0 Å². The number of nitrogens with zero attached hydrogens (tertiary/aromatic N) is 1. The van der Waals surface area contributed by atoms with E-state index in [4.69, 9.17) is 5.26 Å². The van der Waals surface area contributed by atoms with Gasteiger partial charge in [-0.3, -0.25) is 0 Å². The van der Waals surface area contributed by atoms with Crippen LogP contribution in [0.4, 0.5) is 0 Å². The minimum atomic E-state index is 1.07. The Balaban J connectivity index is 0. The molecule has 0 spiro atoms. The van der Waals surface area contributed by atoms with Gasteiger partial charge in [-0.1, -0.05) is 12.7 Å². The lowest BCUT2D eigenvalue weighted by Crippen LogP contribution is -1.54. The van der Waals surface area contributed by atoms with Gasteiger partial charge in [0, 0.05) is 0 Å². The number of allylic oxidation sites excluding steroid dienone is 1. The normalized spacial score (nSPS) is 4.50. The van der Waals surface area contributed by atoms with Gasteiger partial charge in [0.25, 0.3) is 6.26 Å². The van der Waals surface area contributed by atoms with Crippen LogP contribution >= 0.6 is 0 Å². The molecule has 0 aromatic heterocycles. The molecule has 0 bridgehead atoms. The smallest absolute Gasteiger partial charge is 0.291 e. The van der Waals surface area contributed by atoms with Crippen LogP contribution in [-0.2, 0) is 4.74 Å². The Labute approximate surface area is 49.7 Å². The Morgan fingerprint density at radius 3 is 2.00 bits per heavy atom. The van der Waals surface area contributed by atoms with Gasteiger partial charge in [0.15, 0.2) is 0 Å². The van der Waals surface area contributed by atoms with Crippen LogP contribution in [-0.4, -0.2) is 0 Å². The molecule has 0 radical (unpaired) electrons. The topological polar surface area (TPSA) is 33.0 Å². The van der Waals surface area contributed by atoms with Gasteiger partial charge in [0.05, 0.1) is 6.26 Å². The molecule has 0 aliphatic rings. The first-order chi connectivity index (χ1) is 3.83. The van der Waals surface area contributed by atoms with Gasteiger partial charge in [-0.05, 0) is 6.92 Å². The van der Waals surface area contributed by atoms with E-state index in [0.29, 0.717) is 0 Å². The molecule has 0 atom stereocenters. The maximum absolute atomic E-state index is 7.52. The molecule has 0 heterocycles. The van der Waals surface area contributed by atoms with Crippen molar-refractivity contribution in [2.24, 2.45) is 0 Å². The number of rotatable bonds is 1.